The fourth-order valence-electron chi connectivity index (χ4n) is 2.09. The maximum atomic E-state index is 11.8. The summed E-state index contributed by atoms with van der Waals surface area (Å²) < 4.78 is 5.36. The van der Waals surface area contributed by atoms with Crippen LogP contribution >= 0.6 is 0 Å². The lowest BCUT2D eigenvalue weighted by atomic mass is 9.85. The van der Waals surface area contributed by atoms with Crippen LogP contribution in [-0.2, 0) is 14.3 Å². The Morgan fingerprint density at radius 3 is 2.78 bits per heavy atom. The highest BCUT2D eigenvalue weighted by Gasteiger charge is 2.35. The van der Waals surface area contributed by atoms with Crippen LogP contribution in [0.25, 0.3) is 0 Å². The van der Waals surface area contributed by atoms with E-state index in [1.165, 1.54) is 0 Å². The number of carbonyl (C=O) groups is 2. The van der Waals surface area contributed by atoms with Gasteiger partial charge in [0.05, 0.1) is 0 Å². The van der Waals surface area contributed by atoms with Gasteiger partial charge in [-0.15, -0.1) is 0 Å². The molecule has 0 fully saturated rings. The van der Waals surface area contributed by atoms with E-state index >= 15 is 0 Å². The van der Waals surface area contributed by atoms with Crippen LogP contribution in [0.5, 0.6) is 0 Å². The molecule has 0 radical (unpaired) electrons. The van der Waals surface area contributed by atoms with E-state index in [0.29, 0.717) is 12.8 Å². The molecule has 1 atom stereocenters. The summed E-state index contributed by atoms with van der Waals surface area (Å²) in [6.07, 6.45) is 8.24. The molecular formula is C15H18O3. The molecule has 0 N–H and O–H groups in total. The minimum absolute atomic E-state index is 0.0252. The maximum absolute atomic E-state index is 11.8. The topological polar surface area (TPSA) is 43.4 Å². The third-order valence-electron chi connectivity index (χ3n) is 3.50. The van der Waals surface area contributed by atoms with Crippen molar-refractivity contribution in [2.45, 2.75) is 39.7 Å². The van der Waals surface area contributed by atoms with Crippen molar-refractivity contribution in [1.82, 2.24) is 0 Å². The van der Waals surface area contributed by atoms with Crippen LogP contribution in [0, 0.1) is 5.41 Å². The van der Waals surface area contributed by atoms with Gasteiger partial charge in [0.2, 0.25) is 0 Å². The molecule has 1 aliphatic carbocycles. The van der Waals surface area contributed by atoms with Crippen molar-refractivity contribution in [1.29, 1.82) is 0 Å². The summed E-state index contributed by atoms with van der Waals surface area (Å²) in [6, 6.07) is 0. The van der Waals surface area contributed by atoms with E-state index in [2.05, 4.69) is 0 Å². The summed E-state index contributed by atoms with van der Waals surface area (Å²) in [7, 11) is 0. The van der Waals surface area contributed by atoms with Gasteiger partial charge in [-0.3, -0.25) is 4.79 Å². The average Bonchev–Trinajstić information content (AvgIpc) is 2.67. The lowest BCUT2D eigenvalue weighted by Gasteiger charge is -2.25. The van der Waals surface area contributed by atoms with Gasteiger partial charge in [-0.25, -0.2) is 4.79 Å². The zero-order valence-corrected chi connectivity index (χ0v) is 11.0. The van der Waals surface area contributed by atoms with Crippen molar-refractivity contribution in [3.63, 3.8) is 0 Å². The molecule has 0 spiro atoms. The highest BCUT2D eigenvalue weighted by Crippen LogP contribution is 2.33. The van der Waals surface area contributed by atoms with Crippen molar-refractivity contribution in [3.8, 4) is 0 Å². The Balaban J connectivity index is 2.37. The fraction of sp³-hybridized carbons (Fsp3) is 0.467. The lowest BCUT2D eigenvalue weighted by Crippen LogP contribution is -2.27. The molecule has 1 aliphatic heterocycles. The highest BCUT2D eigenvalue weighted by atomic mass is 16.5. The van der Waals surface area contributed by atoms with E-state index in [9.17, 15) is 9.59 Å². The summed E-state index contributed by atoms with van der Waals surface area (Å²) in [6.45, 7) is 5.73. The minimum atomic E-state index is -0.363. The zero-order chi connectivity index (χ0) is 13.3. The molecule has 1 unspecified atom stereocenters. The number of fused-ring (bicyclic) bond motifs is 1. The van der Waals surface area contributed by atoms with E-state index < -0.39 is 0 Å². The number of ketones is 1. The third kappa shape index (κ3) is 2.45. The van der Waals surface area contributed by atoms with Gasteiger partial charge < -0.3 is 4.74 Å². The third-order valence-corrected chi connectivity index (χ3v) is 3.50. The normalized spacial score (nSPS) is 31.8. The molecule has 3 nitrogen and oxygen atoms in total. The molecule has 96 valence electrons. The summed E-state index contributed by atoms with van der Waals surface area (Å²) in [4.78, 5) is 23.5. The standard InChI is InChI=1S/C15H18O3/c1-10-5-4-6-11-9-13(18-14(11)17)15(2,3)8-7-12(10)16/h5,7-9,13H,4,6H2,1-3H3/b8-7+,10-5-. The number of rotatable bonds is 0. The van der Waals surface area contributed by atoms with Crippen molar-refractivity contribution >= 4 is 11.8 Å². The molecule has 2 bridgehead atoms. The Kier molecular flexibility index (Phi) is 3.24. The van der Waals surface area contributed by atoms with Gasteiger partial charge in [0.25, 0.3) is 0 Å². The molecule has 0 aromatic heterocycles. The minimum Gasteiger partial charge on any atom is -0.454 e. The number of hydrogen-bond acceptors (Lipinski definition) is 3. The lowest BCUT2D eigenvalue weighted by molar-refractivity contribution is -0.142. The molecule has 0 amide bonds. The quantitative estimate of drug-likeness (QED) is 0.617. The highest BCUT2D eigenvalue weighted by molar-refractivity contribution is 6.03. The number of ether oxygens (including phenoxy) is 1. The first-order valence-electron chi connectivity index (χ1n) is 6.22. The van der Waals surface area contributed by atoms with E-state index in [-0.39, 0.29) is 23.3 Å². The van der Waals surface area contributed by atoms with Crippen LogP contribution in [0.3, 0.4) is 0 Å². The predicted molar refractivity (Wildman–Crippen MR) is 68.9 cm³/mol. The molecule has 0 saturated heterocycles. The molecule has 1 heterocycles. The monoisotopic (exact) mass is 246 g/mol. The van der Waals surface area contributed by atoms with E-state index in [1.807, 2.05) is 39.0 Å². The Labute approximate surface area is 107 Å². The van der Waals surface area contributed by atoms with Gasteiger partial charge in [0, 0.05) is 11.0 Å². The molecular weight excluding hydrogens is 228 g/mol. The Morgan fingerprint density at radius 2 is 2.06 bits per heavy atom. The Hall–Kier alpha value is -1.64. The first-order chi connectivity index (χ1) is 8.40. The number of hydrogen-bond donors (Lipinski definition) is 0. The van der Waals surface area contributed by atoms with Gasteiger partial charge >= 0.3 is 5.97 Å². The first-order valence-corrected chi connectivity index (χ1v) is 6.22. The molecule has 2 aliphatic rings. The molecule has 2 rings (SSSR count). The van der Waals surface area contributed by atoms with Crippen molar-refractivity contribution in [2.24, 2.45) is 5.41 Å². The Bertz CT molecular complexity index is 478. The summed E-state index contributed by atoms with van der Waals surface area (Å²) in [5.41, 5.74) is 1.09. The fourth-order valence-corrected chi connectivity index (χ4v) is 2.09. The molecule has 0 aromatic carbocycles. The summed E-state index contributed by atoms with van der Waals surface area (Å²) in [5.74, 6) is -0.198. The van der Waals surface area contributed by atoms with Crippen molar-refractivity contribution in [3.05, 3.63) is 35.5 Å². The van der Waals surface area contributed by atoms with Crippen LogP contribution in [0.1, 0.15) is 33.6 Å². The predicted octanol–water partition coefficient (Wildman–Crippen LogP) is 2.73. The number of allylic oxidation sites excluding steroid dienone is 3. The van der Waals surface area contributed by atoms with E-state index in [1.54, 1.807) is 6.08 Å². The van der Waals surface area contributed by atoms with Crippen LogP contribution in [0.2, 0.25) is 0 Å². The smallest absolute Gasteiger partial charge is 0.334 e. The first kappa shape index (κ1) is 12.8. The number of esters is 1. The van der Waals surface area contributed by atoms with Gasteiger partial charge in [-0.05, 0) is 37.5 Å². The Morgan fingerprint density at radius 1 is 1.33 bits per heavy atom. The second-order valence-corrected chi connectivity index (χ2v) is 5.46. The van der Waals surface area contributed by atoms with E-state index in [4.69, 9.17) is 4.74 Å². The van der Waals surface area contributed by atoms with Gasteiger partial charge in [0.15, 0.2) is 5.78 Å². The maximum Gasteiger partial charge on any atom is 0.334 e. The van der Waals surface area contributed by atoms with Crippen LogP contribution in [0.15, 0.2) is 35.5 Å². The largest absolute Gasteiger partial charge is 0.454 e. The van der Waals surface area contributed by atoms with Gasteiger partial charge in [0.1, 0.15) is 6.10 Å². The van der Waals surface area contributed by atoms with Crippen molar-refractivity contribution in [2.75, 3.05) is 0 Å². The second kappa shape index (κ2) is 4.56. The molecule has 3 heteroatoms. The van der Waals surface area contributed by atoms with Crippen LogP contribution < -0.4 is 0 Å². The van der Waals surface area contributed by atoms with Crippen LogP contribution in [-0.4, -0.2) is 17.9 Å². The van der Waals surface area contributed by atoms with Gasteiger partial charge in [-0.2, -0.15) is 0 Å². The van der Waals surface area contributed by atoms with E-state index in [0.717, 1.165) is 11.1 Å². The van der Waals surface area contributed by atoms with Crippen LogP contribution in [0.4, 0.5) is 0 Å². The summed E-state index contributed by atoms with van der Waals surface area (Å²) in [5, 5.41) is 0. The molecule has 0 saturated carbocycles. The van der Waals surface area contributed by atoms with Gasteiger partial charge in [-0.1, -0.05) is 26.0 Å². The second-order valence-electron chi connectivity index (χ2n) is 5.46. The zero-order valence-electron chi connectivity index (χ0n) is 11.0. The molecule has 18 heavy (non-hydrogen) atoms. The summed E-state index contributed by atoms with van der Waals surface area (Å²) >= 11 is 0. The number of carbonyl (C=O) groups excluding carboxylic acids is 2. The average molecular weight is 246 g/mol. The molecule has 0 aromatic rings. The SMILES string of the molecule is C/C1=C/CCC2=CC(OC2=O)C(C)(C)/C=C/C1=O. The van der Waals surface area contributed by atoms with Crippen molar-refractivity contribution < 1.29 is 14.3 Å².